The van der Waals surface area contributed by atoms with Gasteiger partial charge in [0.25, 0.3) is 0 Å². The molecule has 64 valence electrons. The predicted molar refractivity (Wildman–Crippen MR) is 42.8 cm³/mol. The van der Waals surface area contributed by atoms with Crippen LogP contribution < -0.4 is 11.5 Å². The number of amides is 1. The second-order valence-electron chi connectivity index (χ2n) is 2.92. The first-order valence-corrected chi connectivity index (χ1v) is 3.97. The van der Waals surface area contributed by atoms with E-state index in [4.69, 9.17) is 11.5 Å². The Morgan fingerprint density at radius 2 is 2.00 bits per heavy atom. The van der Waals surface area contributed by atoms with E-state index in [0.717, 1.165) is 25.9 Å². The van der Waals surface area contributed by atoms with Gasteiger partial charge in [-0.1, -0.05) is 0 Å². The van der Waals surface area contributed by atoms with Gasteiger partial charge in [0, 0.05) is 19.1 Å². The summed E-state index contributed by atoms with van der Waals surface area (Å²) in [6, 6.07) is 0.275. The first kappa shape index (κ1) is 8.49. The fourth-order valence-corrected chi connectivity index (χ4v) is 1.28. The zero-order valence-corrected chi connectivity index (χ0v) is 6.62. The summed E-state index contributed by atoms with van der Waals surface area (Å²) in [6.07, 6.45) is 1.82. The first-order chi connectivity index (χ1) is 5.24. The number of piperidine rings is 1. The third-order valence-corrected chi connectivity index (χ3v) is 2.07. The number of nitrogens with zero attached hydrogens (tertiary/aromatic N) is 1. The Balaban J connectivity index is 2.33. The summed E-state index contributed by atoms with van der Waals surface area (Å²) in [4.78, 5) is 12.8. The molecule has 0 aromatic carbocycles. The minimum absolute atomic E-state index is 0.0388. The van der Waals surface area contributed by atoms with Crippen LogP contribution >= 0.6 is 0 Å². The normalized spacial score (nSPS) is 20.4. The van der Waals surface area contributed by atoms with Crippen LogP contribution in [0.15, 0.2) is 0 Å². The van der Waals surface area contributed by atoms with Gasteiger partial charge in [-0.05, 0) is 12.8 Å². The molecular weight excluding hydrogens is 142 g/mol. The van der Waals surface area contributed by atoms with E-state index in [9.17, 15) is 4.79 Å². The van der Waals surface area contributed by atoms with Gasteiger partial charge in [-0.25, -0.2) is 0 Å². The highest BCUT2D eigenvalue weighted by molar-refractivity contribution is 5.78. The van der Waals surface area contributed by atoms with Gasteiger partial charge in [-0.2, -0.15) is 0 Å². The summed E-state index contributed by atoms with van der Waals surface area (Å²) in [7, 11) is 0. The lowest BCUT2D eigenvalue weighted by molar-refractivity contribution is -0.130. The average molecular weight is 157 g/mol. The van der Waals surface area contributed by atoms with Crippen LogP contribution in [0.1, 0.15) is 12.8 Å². The molecule has 11 heavy (non-hydrogen) atoms. The third-order valence-electron chi connectivity index (χ3n) is 2.07. The van der Waals surface area contributed by atoms with Crippen molar-refractivity contribution in [3.05, 3.63) is 0 Å². The van der Waals surface area contributed by atoms with Crippen molar-refractivity contribution in [2.24, 2.45) is 11.5 Å². The number of nitrogens with two attached hydrogens (primary N) is 2. The van der Waals surface area contributed by atoms with Crippen molar-refractivity contribution >= 4 is 5.91 Å². The summed E-state index contributed by atoms with van der Waals surface area (Å²) in [6.45, 7) is 1.67. The molecule has 4 nitrogen and oxygen atoms in total. The van der Waals surface area contributed by atoms with Crippen LogP contribution in [0.3, 0.4) is 0 Å². The fourth-order valence-electron chi connectivity index (χ4n) is 1.28. The Bertz CT molecular complexity index is 141. The lowest BCUT2D eigenvalue weighted by atomic mass is 10.1. The lowest BCUT2D eigenvalue weighted by Gasteiger charge is -2.29. The van der Waals surface area contributed by atoms with Crippen LogP contribution in [-0.4, -0.2) is 36.5 Å². The van der Waals surface area contributed by atoms with Crippen molar-refractivity contribution in [1.82, 2.24) is 4.90 Å². The molecule has 0 aromatic rings. The van der Waals surface area contributed by atoms with Gasteiger partial charge < -0.3 is 16.4 Å². The van der Waals surface area contributed by atoms with Gasteiger partial charge in [0.2, 0.25) is 5.91 Å². The molecule has 0 unspecified atom stereocenters. The standard InChI is InChI=1S/C7H15N3O/c8-5-7(11)10-3-1-6(9)2-4-10/h6H,1-5,8-9H2. The number of carbonyl (C=O) groups is 1. The van der Waals surface area contributed by atoms with Crippen LogP contribution in [0.2, 0.25) is 0 Å². The number of hydrogen-bond donors (Lipinski definition) is 2. The summed E-state index contributed by atoms with van der Waals surface area (Å²) < 4.78 is 0. The van der Waals surface area contributed by atoms with Crippen LogP contribution in [0.25, 0.3) is 0 Å². The molecule has 1 saturated heterocycles. The van der Waals surface area contributed by atoms with E-state index in [-0.39, 0.29) is 18.5 Å². The molecule has 0 aromatic heterocycles. The zero-order valence-electron chi connectivity index (χ0n) is 6.62. The maximum atomic E-state index is 11.0. The van der Waals surface area contributed by atoms with E-state index in [2.05, 4.69) is 0 Å². The Morgan fingerprint density at radius 1 is 1.45 bits per heavy atom. The molecule has 1 amide bonds. The van der Waals surface area contributed by atoms with E-state index in [1.54, 1.807) is 4.90 Å². The highest BCUT2D eigenvalue weighted by Gasteiger charge is 2.18. The molecule has 4 heteroatoms. The van der Waals surface area contributed by atoms with Crippen LogP contribution in [0, 0.1) is 0 Å². The van der Waals surface area contributed by atoms with Gasteiger partial charge in [-0.15, -0.1) is 0 Å². The van der Waals surface area contributed by atoms with Gasteiger partial charge in [-0.3, -0.25) is 4.79 Å². The van der Waals surface area contributed by atoms with Crippen molar-refractivity contribution < 1.29 is 4.79 Å². The summed E-state index contributed by atoms with van der Waals surface area (Å²) in [5, 5.41) is 0. The van der Waals surface area contributed by atoms with Gasteiger partial charge in [0.05, 0.1) is 6.54 Å². The van der Waals surface area contributed by atoms with Crippen LogP contribution in [0.4, 0.5) is 0 Å². The summed E-state index contributed by atoms with van der Waals surface area (Å²) in [5.41, 5.74) is 10.9. The molecule has 4 N–H and O–H groups in total. The van der Waals surface area contributed by atoms with Crippen molar-refractivity contribution in [3.63, 3.8) is 0 Å². The Labute approximate surface area is 66.5 Å². The minimum atomic E-state index is 0.0388. The van der Waals surface area contributed by atoms with E-state index in [0.29, 0.717) is 0 Å². The number of likely N-dealkylation sites (tertiary alicyclic amines) is 1. The molecular formula is C7H15N3O. The average Bonchev–Trinajstić information content (AvgIpc) is 2.05. The van der Waals surface area contributed by atoms with Gasteiger partial charge >= 0.3 is 0 Å². The largest absolute Gasteiger partial charge is 0.341 e. The van der Waals surface area contributed by atoms with E-state index < -0.39 is 0 Å². The summed E-state index contributed by atoms with van der Waals surface area (Å²) >= 11 is 0. The predicted octanol–water partition coefficient (Wildman–Crippen LogP) is -1.11. The molecule has 1 rings (SSSR count). The quantitative estimate of drug-likeness (QED) is 0.507. The van der Waals surface area contributed by atoms with Crippen molar-refractivity contribution in [2.45, 2.75) is 18.9 Å². The molecule has 0 radical (unpaired) electrons. The fraction of sp³-hybridized carbons (Fsp3) is 0.857. The van der Waals surface area contributed by atoms with E-state index in [1.807, 2.05) is 0 Å². The van der Waals surface area contributed by atoms with Crippen molar-refractivity contribution in [3.8, 4) is 0 Å². The molecule has 0 atom stereocenters. The van der Waals surface area contributed by atoms with Crippen LogP contribution in [0.5, 0.6) is 0 Å². The minimum Gasteiger partial charge on any atom is -0.341 e. The Morgan fingerprint density at radius 3 is 2.45 bits per heavy atom. The van der Waals surface area contributed by atoms with E-state index in [1.165, 1.54) is 0 Å². The molecule has 1 fully saturated rings. The number of carbonyl (C=O) groups excluding carboxylic acids is 1. The molecule has 0 spiro atoms. The molecule has 0 bridgehead atoms. The molecule has 1 aliphatic heterocycles. The van der Waals surface area contributed by atoms with Crippen molar-refractivity contribution in [2.75, 3.05) is 19.6 Å². The maximum Gasteiger partial charge on any atom is 0.236 e. The molecule has 1 heterocycles. The molecule has 1 aliphatic rings. The maximum absolute atomic E-state index is 11.0. The van der Waals surface area contributed by atoms with Gasteiger partial charge in [0.1, 0.15) is 0 Å². The smallest absolute Gasteiger partial charge is 0.236 e. The van der Waals surface area contributed by atoms with E-state index >= 15 is 0 Å². The Kier molecular flexibility index (Phi) is 2.84. The number of rotatable bonds is 1. The molecule has 0 aliphatic carbocycles. The number of hydrogen-bond acceptors (Lipinski definition) is 3. The second-order valence-corrected chi connectivity index (χ2v) is 2.92. The first-order valence-electron chi connectivity index (χ1n) is 3.97. The molecule has 0 saturated carbocycles. The second kappa shape index (κ2) is 3.69. The highest BCUT2D eigenvalue weighted by Crippen LogP contribution is 2.07. The topological polar surface area (TPSA) is 72.4 Å². The highest BCUT2D eigenvalue weighted by atomic mass is 16.2. The SMILES string of the molecule is NCC(=O)N1CCC(N)CC1. The van der Waals surface area contributed by atoms with Gasteiger partial charge in [0.15, 0.2) is 0 Å². The van der Waals surface area contributed by atoms with Crippen molar-refractivity contribution in [1.29, 1.82) is 0 Å². The summed E-state index contributed by atoms with van der Waals surface area (Å²) in [5.74, 6) is 0.0388. The zero-order chi connectivity index (χ0) is 8.27. The monoisotopic (exact) mass is 157 g/mol. The lowest BCUT2D eigenvalue weighted by Crippen LogP contribution is -2.45. The van der Waals surface area contributed by atoms with Crippen LogP contribution in [-0.2, 0) is 4.79 Å². The Hall–Kier alpha value is -0.610. The third kappa shape index (κ3) is 2.17.